The third-order valence-electron chi connectivity index (χ3n) is 3.78. The number of methoxy groups -OCH3 is 1. The van der Waals surface area contributed by atoms with Crippen LogP contribution in [-0.2, 0) is 5.41 Å². The third kappa shape index (κ3) is 4.75. The smallest absolute Gasteiger partial charge is 0.255 e. The van der Waals surface area contributed by atoms with Crippen molar-refractivity contribution in [2.45, 2.75) is 33.1 Å². The van der Waals surface area contributed by atoms with Gasteiger partial charge in [0, 0.05) is 11.3 Å². The Morgan fingerprint density at radius 2 is 1.80 bits per heavy atom. The molecule has 0 aromatic heterocycles. The lowest BCUT2D eigenvalue weighted by molar-refractivity contribution is 0.102. The van der Waals surface area contributed by atoms with Crippen LogP contribution in [-0.4, -0.2) is 19.6 Å². The Morgan fingerprint density at radius 1 is 1.16 bits per heavy atom. The van der Waals surface area contributed by atoms with Crippen molar-refractivity contribution in [1.82, 2.24) is 0 Å². The Bertz CT molecular complexity index is 749. The molecule has 4 nitrogen and oxygen atoms in total. The summed E-state index contributed by atoms with van der Waals surface area (Å²) in [7, 11) is 1.57. The Balaban J connectivity index is 2.23. The summed E-state index contributed by atoms with van der Waals surface area (Å²) in [5, 5.41) is 2.91. The highest BCUT2D eigenvalue weighted by Gasteiger charge is 2.16. The van der Waals surface area contributed by atoms with E-state index in [2.05, 4.69) is 42.0 Å². The van der Waals surface area contributed by atoms with Gasteiger partial charge in [0.2, 0.25) is 0 Å². The molecule has 0 heterocycles. The van der Waals surface area contributed by atoms with E-state index in [0.717, 1.165) is 5.69 Å². The third-order valence-corrected chi connectivity index (χ3v) is 4.37. The zero-order valence-corrected chi connectivity index (χ0v) is 16.9. The monoisotopic (exact) mass is 405 g/mol. The van der Waals surface area contributed by atoms with Gasteiger partial charge in [-0.15, -0.1) is 0 Å². The first kappa shape index (κ1) is 19.3. The van der Waals surface area contributed by atoms with Crippen LogP contribution in [0.5, 0.6) is 11.5 Å². The van der Waals surface area contributed by atoms with E-state index in [-0.39, 0.29) is 11.3 Å². The predicted octanol–water partition coefficient (Wildman–Crippen LogP) is 5.41. The minimum atomic E-state index is -0.201. The topological polar surface area (TPSA) is 47.6 Å². The molecule has 2 aromatic rings. The number of amides is 1. The van der Waals surface area contributed by atoms with Crippen LogP contribution in [0, 0.1) is 0 Å². The summed E-state index contributed by atoms with van der Waals surface area (Å²) in [5.74, 6) is 0.911. The summed E-state index contributed by atoms with van der Waals surface area (Å²) in [5.41, 5.74) is 2.55. The highest BCUT2D eigenvalue weighted by Crippen LogP contribution is 2.36. The predicted molar refractivity (Wildman–Crippen MR) is 105 cm³/mol. The van der Waals surface area contributed by atoms with E-state index >= 15 is 0 Å². The number of anilines is 1. The molecule has 0 spiro atoms. The standard InChI is InChI=1S/C20H24BrNO3/c1-6-25-17-12-13(11-16(21)18(17)24-5)19(23)22-15-9-7-14(8-10-15)20(2,3)4/h7-12H,6H2,1-5H3,(H,22,23). The maximum absolute atomic E-state index is 12.6. The highest BCUT2D eigenvalue weighted by molar-refractivity contribution is 9.10. The molecule has 2 rings (SSSR count). The Hall–Kier alpha value is -2.01. The zero-order chi connectivity index (χ0) is 18.6. The maximum atomic E-state index is 12.6. The van der Waals surface area contributed by atoms with E-state index in [4.69, 9.17) is 9.47 Å². The minimum Gasteiger partial charge on any atom is -0.492 e. The van der Waals surface area contributed by atoms with Crippen molar-refractivity contribution in [3.05, 3.63) is 52.0 Å². The molecule has 0 bridgehead atoms. The fourth-order valence-electron chi connectivity index (χ4n) is 2.42. The van der Waals surface area contributed by atoms with Crippen LogP contribution < -0.4 is 14.8 Å². The van der Waals surface area contributed by atoms with Gasteiger partial charge < -0.3 is 14.8 Å². The first-order valence-electron chi connectivity index (χ1n) is 8.18. The van der Waals surface area contributed by atoms with E-state index < -0.39 is 0 Å². The number of benzene rings is 2. The van der Waals surface area contributed by atoms with Gasteiger partial charge in [-0.25, -0.2) is 0 Å². The summed E-state index contributed by atoms with van der Waals surface area (Å²) < 4.78 is 11.6. The van der Waals surface area contributed by atoms with E-state index in [0.29, 0.717) is 28.1 Å². The number of nitrogens with one attached hydrogen (secondary N) is 1. The van der Waals surface area contributed by atoms with Crippen molar-refractivity contribution in [3.63, 3.8) is 0 Å². The quantitative estimate of drug-likeness (QED) is 0.723. The summed E-state index contributed by atoms with van der Waals surface area (Å²) in [4.78, 5) is 12.6. The van der Waals surface area contributed by atoms with Crippen molar-refractivity contribution in [1.29, 1.82) is 0 Å². The van der Waals surface area contributed by atoms with E-state index in [1.165, 1.54) is 5.56 Å². The fraction of sp³-hybridized carbons (Fsp3) is 0.350. The molecule has 0 fully saturated rings. The second-order valence-electron chi connectivity index (χ2n) is 6.70. The van der Waals surface area contributed by atoms with E-state index in [9.17, 15) is 4.79 Å². The molecule has 0 radical (unpaired) electrons. The van der Waals surface area contributed by atoms with Gasteiger partial charge in [-0.1, -0.05) is 32.9 Å². The first-order chi connectivity index (χ1) is 11.8. The number of ether oxygens (including phenoxy) is 2. The lowest BCUT2D eigenvalue weighted by Crippen LogP contribution is -2.14. The summed E-state index contributed by atoms with van der Waals surface area (Å²) in [6, 6.07) is 11.3. The van der Waals surface area contributed by atoms with Gasteiger partial charge in [0.25, 0.3) is 5.91 Å². The largest absolute Gasteiger partial charge is 0.492 e. The molecule has 0 unspecified atom stereocenters. The molecule has 0 saturated carbocycles. The van der Waals surface area contributed by atoms with Gasteiger partial charge in [-0.3, -0.25) is 4.79 Å². The van der Waals surface area contributed by atoms with Gasteiger partial charge in [0.05, 0.1) is 18.2 Å². The molecule has 0 aliphatic heterocycles. The van der Waals surface area contributed by atoms with Crippen molar-refractivity contribution in [3.8, 4) is 11.5 Å². The molecular weight excluding hydrogens is 382 g/mol. The Morgan fingerprint density at radius 3 is 2.32 bits per heavy atom. The summed E-state index contributed by atoms with van der Waals surface area (Å²) >= 11 is 3.43. The molecule has 0 aliphatic carbocycles. The van der Waals surface area contributed by atoms with Crippen LogP contribution in [0.4, 0.5) is 5.69 Å². The number of hydrogen-bond donors (Lipinski definition) is 1. The molecule has 0 saturated heterocycles. The van der Waals surface area contributed by atoms with Crippen LogP contribution in [0.25, 0.3) is 0 Å². The average molecular weight is 406 g/mol. The highest BCUT2D eigenvalue weighted by atomic mass is 79.9. The SMILES string of the molecule is CCOc1cc(C(=O)Nc2ccc(C(C)(C)C)cc2)cc(Br)c1OC. The minimum absolute atomic E-state index is 0.0791. The molecule has 0 aliphatic rings. The van der Waals surface area contributed by atoms with Crippen molar-refractivity contribution in [2.75, 3.05) is 19.0 Å². The van der Waals surface area contributed by atoms with Gasteiger partial charge in [0.1, 0.15) is 0 Å². The number of rotatable bonds is 5. The molecular formula is C20H24BrNO3. The normalized spacial score (nSPS) is 11.1. The van der Waals surface area contributed by atoms with Crippen LogP contribution in [0.3, 0.4) is 0 Å². The number of carbonyl (C=O) groups is 1. The molecule has 0 atom stereocenters. The molecule has 2 aromatic carbocycles. The van der Waals surface area contributed by atoms with Crippen LogP contribution >= 0.6 is 15.9 Å². The van der Waals surface area contributed by atoms with Crippen LogP contribution in [0.1, 0.15) is 43.6 Å². The van der Waals surface area contributed by atoms with Crippen molar-refractivity contribution < 1.29 is 14.3 Å². The number of hydrogen-bond acceptors (Lipinski definition) is 3. The summed E-state index contributed by atoms with van der Waals surface area (Å²) in [6.45, 7) is 8.85. The first-order valence-corrected chi connectivity index (χ1v) is 8.97. The average Bonchev–Trinajstić information content (AvgIpc) is 2.54. The molecule has 1 amide bonds. The lowest BCUT2D eigenvalue weighted by atomic mass is 9.87. The van der Waals surface area contributed by atoms with E-state index in [1.807, 2.05) is 31.2 Å². The second kappa shape index (κ2) is 7.91. The van der Waals surface area contributed by atoms with E-state index in [1.54, 1.807) is 19.2 Å². The second-order valence-corrected chi connectivity index (χ2v) is 7.56. The van der Waals surface area contributed by atoms with Gasteiger partial charge >= 0.3 is 0 Å². The lowest BCUT2D eigenvalue weighted by Gasteiger charge is -2.19. The fourth-order valence-corrected chi connectivity index (χ4v) is 3.02. The van der Waals surface area contributed by atoms with Crippen LogP contribution in [0.2, 0.25) is 0 Å². The van der Waals surface area contributed by atoms with Gasteiger partial charge in [-0.2, -0.15) is 0 Å². The number of halogens is 1. The molecule has 5 heteroatoms. The Labute approximate surface area is 157 Å². The van der Waals surface area contributed by atoms with Crippen LogP contribution in [0.15, 0.2) is 40.9 Å². The molecule has 134 valence electrons. The molecule has 1 N–H and O–H groups in total. The maximum Gasteiger partial charge on any atom is 0.255 e. The zero-order valence-electron chi connectivity index (χ0n) is 15.3. The number of carbonyl (C=O) groups excluding carboxylic acids is 1. The van der Waals surface area contributed by atoms with Crippen molar-refractivity contribution in [2.24, 2.45) is 0 Å². The summed E-state index contributed by atoms with van der Waals surface area (Å²) in [6.07, 6.45) is 0. The Kier molecular flexibility index (Phi) is 6.11. The van der Waals surface area contributed by atoms with Crippen molar-refractivity contribution >= 4 is 27.5 Å². The van der Waals surface area contributed by atoms with Gasteiger partial charge in [0.15, 0.2) is 11.5 Å². The van der Waals surface area contributed by atoms with Gasteiger partial charge in [-0.05, 0) is 58.1 Å². The molecule has 25 heavy (non-hydrogen) atoms.